The van der Waals surface area contributed by atoms with Crippen LogP contribution in [0.15, 0.2) is 77.6 Å². The molecule has 0 radical (unpaired) electrons. The first kappa shape index (κ1) is 25.6. The molecular weight excluding hydrogens is 520 g/mol. The van der Waals surface area contributed by atoms with Gasteiger partial charge in [0.1, 0.15) is 0 Å². The molecule has 0 amide bonds. The van der Waals surface area contributed by atoms with Crippen molar-refractivity contribution in [1.82, 2.24) is 19.1 Å². The van der Waals surface area contributed by atoms with Crippen molar-refractivity contribution >= 4 is 29.1 Å². The van der Waals surface area contributed by atoms with E-state index in [1.165, 1.54) is 4.68 Å². The Balaban J connectivity index is 1.53. The maximum absolute atomic E-state index is 12.5. The fourth-order valence-electron chi connectivity index (χ4n) is 4.54. The highest BCUT2D eigenvalue weighted by Gasteiger charge is 2.25. The second-order valence-electron chi connectivity index (χ2n) is 8.90. The summed E-state index contributed by atoms with van der Waals surface area (Å²) in [5.41, 5.74) is 5.86. The zero-order valence-electron chi connectivity index (χ0n) is 20.6. The molecule has 0 saturated carbocycles. The average Bonchev–Trinajstić information content (AvgIpc) is 3.51. The van der Waals surface area contributed by atoms with E-state index in [1.807, 2.05) is 54.6 Å². The van der Waals surface area contributed by atoms with Crippen molar-refractivity contribution < 1.29 is 9.90 Å². The van der Waals surface area contributed by atoms with Gasteiger partial charge in [0.2, 0.25) is 0 Å². The van der Waals surface area contributed by atoms with E-state index in [2.05, 4.69) is 16.3 Å². The van der Waals surface area contributed by atoms with Crippen LogP contribution in [0.5, 0.6) is 0 Å². The van der Waals surface area contributed by atoms with E-state index < -0.39 is 5.97 Å². The normalized spacial score (nSPS) is 11.1. The smallest absolute Gasteiger partial charge is 0.354 e. The van der Waals surface area contributed by atoms with Gasteiger partial charge in [-0.2, -0.15) is 10.1 Å². The maximum Gasteiger partial charge on any atom is 0.354 e. The minimum absolute atomic E-state index is 0.131. The predicted molar refractivity (Wildman–Crippen MR) is 151 cm³/mol. The number of nitrogens with one attached hydrogen (secondary N) is 1. The largest absolute Gasteiger partial charge is 0.476 e. The van der Waals surface area contributed by atoms with Gasteiger partial charge in [-0.3, -0.25) is 9.17 Å². The van der Waals surface area contributed by atoms with Crippen LogP contribution in [0.3, 0.4) is 0 Å². The van der Waals surface area contributed by atoms with Crippen LogP contribution in [0.4, 0.5) is 0 Å². The Morgan fingerprint density at radius 2 is 1.74 bits per heavy atom. The lowest BCUT2D eigenvalue weighted by molar-refractivity contribution is 0.0686. The van der Waals surface area contributed by atoms with Crippen molar-refractivity contribution in [1.29, 1.82) is 0 Å². The molecule has 5 rings (SSSR count). The highest BCUT2D eigenvalue weighted by atomic mass is 35.5. The first-order valence-electron chi connectivity index (χ1n) is 12.3. The number of hydrogen-bond acceptors (Lipinski definition) is 5. The summed E-state index contributed by atoms with van der Waals surface area (Å²) in [5, 5.41) is 15.4. The molecule has 2 aromatic heterocycles. The standard InChI is InChI=1S/C29H25ClN4O3S/c1-2-3-11-24-22(26(28(35)36)34(32-24)25-12-7-6-10-23(25)30)17-18-13-15-19(16-14-18)20-8-4-5-9-21(20)27-31-29(37)38-33-27/h4-10,12-16H,2-3,11,17H2,1H3,(H,35,36)(H,31,33,37). The Morgan fingerprint density at radius 3 is 2.39 bits per heavy atom. The third-order valence-corrected chi connectivity index (χ3v) is 7.26. The van der Waals surface area contributed by atoms with Crippen molar-refractivity contribution in [3.05, 3.63) is 110 Å². The van der Waals surface area contributed by atoms with Crippen LogP contribution in [-0.4, -0.2) is 30.2 Å². The number of aryl methyl sites for hydroxylation is 1. The number of unbranched alkanes of at least 4 members (excludes halogenated alkanes) is 1. The van der Waals surface area contributed by atoms with Crippen molar-refractivity contribution in [2.45, 2.75) is 32.6 Å². The molecular formula is C29H25ClN4O3S. The van der Waals surface area contributed by atoms with Crippen LogP contribution in [0.1, 0.15) is 47.1 Å². The summed E-state index contributed by atoms with van der Waals surface area (Å²) in [5.74, 6) is -0.503. The Morgan fingerprint density at radius 1 is 1.03 bits per heavy atom. The third kappa shape index (κ3) is 5.18. The van der Waals surface area contributed by atoms with Gasteiger partial charge >= 0.3 is 10.8 Å². The van der Waals surface area contributed by atoms with Crippen LogP contribution in [0.2, 0.25) is 5.02 Å². The van der Waals surface area contributed by atoms with E-state index in [0.717, 1.165) is 52.3 Å². The number of aromatic carboxylic acids is 1. The molecule has 7 nitrogen and oxygen atoms in total. The molecule has 5 aromatic rings. The number of carbonyl (C=O) groups is 1. The van der Waals surface area contributed by atoms with Gasteiger partial charge in [-0.15, -0.1) is 0 Å². The summed E-state index contributed by atoms with van der Waals surface area (Å²) in [6, 6.07) is 22.9. The zero-order valence-corrected chi connectivity index (χ0v) is 22.2. The molecule has 0 aliphatic rings. The summed E-state index contributed by atoms with van der Waals surface area (Å²) in [6.45, 7) is 2.10. The maximum atomic E-state index is 12.5. The monoisotopic (exact) mass is 544 g/mol. The van der Waals surface area contributed by atoms with Crippen LogP contribution >= 0.6 is 23.1 Å². The second kappa shape index (κ2) is 11.2. The van der Waals surface area contributed by atoms with Crippen LogP contribution < -0.4 is 4.87 Å². The minimum Gasteiger partial charge on any atom is -0.476 e. The lowest BCUT2D eigenvalue weighted by atomic mass is 9.95. The first-order chi connectivity index (χ1) is 18.5. The van der Waals surface area contributed by atoms with E-state index in [4.69, 9.17) is 16.7 Å². The molecule has 0 fully saturated rings. The van der Waals surface area contributed by atoms with Crippen LogP contribution in [0.25, 0.3) is 28.2 Å². The lowest BCUT2D eigenvalue weighted by Gasteiger charge is -2.10. The number of carboxylic acid groups (broad SMARTS) is 1. The van der Waals surface area contributed by atoms with Crippen molar-refractivity contribution in [2.24, 2.45) is 0 Å². The fraction of sp³-hybridized carbons (Fsp3) is 0.172. The molecule has 0 bridgehead atoms. The average molecular weight is 545 g/mol. The molecule has 2 heterocycles. The Labute approximate surface area is 228 Å². The van der Waals surface area contributed by atoms with Crippen LogP contribution in [0, 0.1) is 0 Å². The molecule has 0 saturated heterocycles. The SMILES string of the molecule is CCCCc1nn(-c2ccccc2Cl)c(C(=O)O)c1Cc1ccc(-c2ccccc2-c2nc(=O)s[nH]2)cc1. The summed E-state index contributed by atoms with van der Waals surface area (Å²) in [6.07, 6.45) is 2.98. The molecule has 2 N–H and O–H groups in total. The van der Waals surface area contributed by atoms with Crippen molar-refractivity contribution in [3.63, 3.8) is 0 Å². The van der Waals surface area contributed by atoms with Gasteiger partial charge in [0.15, 0.2) is 11.5 Å². The van der Waals surface area contributed by atoms with Gasteiger partial charge in [0.25, 0.3) is 0 Å². The molecule has 0 spiro atoms. The van der Waals surface area contributed by atoms with Crippen molar-refractivity contribution in [2.75, 3.05) is 0 Å². The number of aromatic nitrogens is 4. The quantitative estimate of drug-likeness (QED) is 0.217. The molecule has 192 valence electrons. The molecule has 0 aliphatic carbocycles. The van der Waals surface area contributed by atoms with E-state index in [-0.39, 0.29) is 10.6 Å². The zero-order chi connectivity index (χ0) is 26.6. The molecule has 38 heavy (non-hydrogen) atoms. The number of H-pyrrole nitrogens is 1. The minimum atomic E-state index is -1.04. The highest BCUT2D eigenvalue weighted by Crippen LogP contribution is 2.31. The van der Waals surface area contributed by atoms with E-state index >= 15 is 0 Å². The number of nitrogens with zero attached hydrogens (tertiary/aromatic N) is 3. The second-order valence-corrected chi connectivity index (χ2v) is 10.1. The number of rotatable bonds is 9. The van der Waals surface area contributed by atoms with Gasteiger partial charge in [0.05, 0.1) is 16.4 Å². The van der Waals surface area contributed by atoms with E-state index in [0.29, 0.717) is 34.9 Å². The Hall–Kier alpha value is -4.01. The molecule has 0 aliphatic heterocycles. The number of hydrogen-bond donors (Lipinski definition) is 2. The van der Waals surface area contributed by atoms with E-state index in [1.54, 1.807) is 18.2 Å². The van der Waals surface area contributed by atoms with Gasteiger partial charge in [-0.05, 0) is 41.7 Å². The Bertz CT molecular complexity index is 1650. The molecule has 9 heteroatoms. The summed E-state index contributed by atoms with van der Waals surface area (Å²) in [4.78, 5) is 27.9. The fourth-order valence-corrected chi connectivity index (χ4v) is 5.23. The number of halogens is 1. The third-order valence-electron chi connectivity index (χ3n) is 6.38. The summed E-state index contributed by atoms with van der Waals surface area (Å²) >= 11 is 7.38. The Kier molecular flexibility index (Phi) is 7.53. The van der Waals surface area contributed by atoms with Crippen LogP contribution in [-0.2, 0) is 12.8 Å². The van der Waals surface area contributed by atoms with Gasteiger partial charge in [-0.25, -0.2) is 9.48 Å². The van der Waals surface area contributed by atoms with Gasteiger partial charge in [-0.1, -0.05) is 85.6 Å². The molecule has 0 atom stereocenters. The highest BCUT2D eigenvalue weighted by molar-refractivity contribution is 7.03. The van der Waals surface area contributed by atoms with Gasteiger partial charge in [0, 0.05) is 29.1 Å². The summed E-state index contributed by atoms with van der Waals surface area (Å²) < 4.78 is 4.44. The van der Waals surface area contributed by atoms with Crippen molar-refractivity contribution in [3.8, 4) is 28.2 Å². The van der Waals surface area contributed by atoms with E-state index in [9.17, 15) is 14.7 Å². The lowest BCUT2D eigenvalue weighted by Crippen LogP contribution is -2.10. The van der Waals surface area contributed by atoms with Gasteiger partial charge < -0.3 is 5.11 Å². The topological polar surface area (TPSA) is 101 Å². The molecule has 3 aromatic carbocycles. The summed E-state index contributed by atoms with van der Waals surface area (Å²) in [7, 11) is 0. The first-order valence-corrected chi connectivity index (χ1v) is 13.5. The predicted octanol–water partition coefficient (Wildman–Crippen LogP) is 6.64. The number of carboxylic acids is 1. The number of aromatic amines is 1. The number of para-hydroxylation sites is 1. The number of benzene rings is 3. The molecule has 0 unspecified atom stereocenters.